The summed E-state index contributed by atoms with van der Waals surface area (Å²) in [6.45, 7) is 2.44. The summed E-state index contributed by atoms with van der Waals surface area (Å²) in [5, 5.41) is 12.4. The number of piperazine rings is 1. The van der Waals surface area contributed by atoms with Crippen LogP contribution in [0.1, 0.15) is 33.5 Å². The van der Waals surface area contributed by atoms with E-state index in [1.807, 2.05) is 24.3 Å². The van der Waals surface area contributed by atoms with Crippen molar-refractivity contribution in [3.8, 4) is 5.75 Å². The molecule has 10 heteroatoms. The second kappa shape index (κ2) is 10.1. The minimum absolute atomic E-state index is 0.151. The fourth-order valence-electron chi connectivity index (χ4n) is 4.36. The zero-order chi connectivity index (χ0) is 24.2. The number of nitrogens with zero attached hydrogens (tertiary/aromatic N) is 6. The lowest BCUT2D eigenvalue weighted by Gasteiger charge is -2.38. The first kappa shape index (κ1) is 22.7. The van der Waals surface area contributed by atoms with Gasteiger partial charge in [-0.2, -0.15) is 0 Å². The van der Waals surface area contributed by atoms with Gasteiger partial charge < -0.3 is 14.1 Å². The molecule has 0 spiro atoms. The first-order chi connectivity index (χ1) is 17.1. The van der Waals surface area contributed by atoms with Crippen LogP contribution in [0.3, 0.4) is 0 Å². The van der Waals surface area contributed by atoms with Crippen LogP contribution in [-0.2, 0) is 6.54 Å². The third-order valence-electron chi connectivity index (χ3n) is 6.19. The van der Waals surface area contributed by atoms with Crippen LogP contribution in [0.5, 0.6) is 5.75 Å². The molecule has 5 rings (SSSR count). The van der Waals surface area contributed by atoms with Crippen molar-refractivity contribution in [3.63, 3.8) is 0 Å². The van der Waals surface area contributed by atoms with Crippen molar-refractivity contribution >= 4 is 5.91 Å². The number of amides is 1. The lowest BCUT2D eigenvalue weighted by Crippen LogP contribution is -2.50. The predicted molar refractivity (Wildman–Crippen MR) is 124 cm³/mol. The average Bonchev–Trinajstić information content (AvgIpc) is 3.59. The number of hydrogen-bond acceptors (Lipinski definition) is 7. The topological polar surface area (TPSA) is 89.5 Å². The van der Waals surface area contributed by atoms with E-state index in [1.165, 1.54) is 12.3 Å². The van der Waals surface area contributed by atoms with Crippen molar-refractivity contribution in [3.05, 3.63) is 95.5 Å². The molecule has 2 aromatic heterocycles. The molecule has 0 radical (unpaired) electrons. The van der Waals surface area contributed by atoms with Gasteiger partial charge in [0.2, 0.25) is 0 Å². The third-order valence-corrected chi connectivity index (χ3v) is 6.19. The number of methoxy groups -OCH3 is 1. The normalized spacial score (nSPS) is 15.2. The Morgan fingerprint density at radius 1 is 1.06 bits per heavy atom. The summed E-state index contributed by atoms with van der Waals surface area (Å²) >= 11 is 0. The highest BCUT2D eigenvalue weighted by Crippen LogP contribution is 2.30. The first-order valence-corrected chi connectivity index (χ1v) is 11.3. The van der Waals surface area contributed by atoms with E-state index in [0.29, 0.717) is 49.9 Å². The molecule has 1 saturated heterocycles. The Labute approximate surface area is 201 Å². The van der Waals surface area contributed by atoms with Crippen molar-refractivity contribution < 1.29 is 18.3 Å². The zero-order valence-electron chi connectivity index (χ0n) is 19.2. The highest BCUT2D eigenvalue weighted by Gasteiger charge is 2.33. The maximum Gasteiger partial charge on any atom is 0.289 e. The smallest absolute Gasteiger partial charge is 0.289 e. The van der Waals surface area contributed by atoms with Crippen molar-refractivity contribution in [2.75, 3.05) is 33.3 Å². The van der Waals surface area contributed by atoms with E-state index in [2.05, 4.69) is 20.4 Å². The molecule has 3 heterocycles. The Balaban J connectivity index is 1.41. The molecule has 1 aliphatic rings. The van der Waals surface area contributed by atoms with Gasteiger partial charge >= 0.3 is 0 Å². The molecule has 0 aliphatic carbocycles. The third kappa shape index (κ3) is 4.78. The Morgan fingerprint density at radius 3 is 2.51 bits per heavy atom. The molecule has 0 bridgehead atoms. The fraction of sp³-hybridized carbons (Fsp3) is 0.280. The molecule has 1 unspecified atom stereocenters. The minimum atomic E-state index is -0.509. The van der Waals surface area contributed by atoms with E-state index in [0.717, 1.165) is 11.3 Å². The van der Waals surface area contributed by atoms with Crippen LogP contribution in [-0.4, -0.2) is 69.2 Å². The molecule has 0 saturated carbocycles. The van der Waals surface area contributed by atoms with Crippen LogP contribution in [0.4, 0.5) is 4.39 Å². The van der Waals surface area contributed by atoms with Gasteiger partial charge in [0.05, 0.1) is 19.9 Å². The van der Waals surface area contributed by atoms with Crippen LogP contribution in [0.2, 0.25) is 0 Å². The van der Waals surface area contributed by atoms with Gasteiger partial charge in [0, 0.05) is 31.7 Å². The summed E-state index contributed by atoms with van der Waals surface area (Å²) in [5.74, 6) is 1.13. The highest BCUT2D eigenvalue weighted by molar-refractivity contribution is 5.91. The number of aromatic nitrogens is 4. The molecular weight excluding hydrogens is 451 g/mol. The van der Waals surface area contributed by atoms with Gasteiger partial charge in [0.25, 0.3) is 5.91 Å². The molecule has 1 fully saturated rings. The van der Waals surface area contributed by atoms with E-state index < -0.39 is 6.04 Å². The molecule has 0 N–H and O–H groups in total. The molecule has 1 atom stereocenters. The maximum absolute atomic E-state index is 15.0. The molecule has 35 heavy (non-hydrogen) atoms. The molecule has 1 aliphatic heterocycles. The molecule has 2 aromatic carbocycles. The van der Waals surface area contributed by atoms with Gasteiger partial charge in [0.1, 0.15) is 17.6 Å². The van der Waals surface area contributed by atoms with Gasteiger partial charge in [-0.1, -0.05) is 30.3 Å². The second-order valence-electron chi connectivity index (χ2n) is 8.27. The summed E-state index contributed by atoms with van der Waals surface area (Å²) in [7, 11) is 1.62. The van der Waals surface area contributed by atoms with E-state index >= 15 is 4.39 Å². The predicted octanol–water partition coefficient (Wildman–Crippen LogP) is 3.01. The standard InChI is InChI=1S/C25H25FN6O3/c1-34-19-10-8-18(9-11-19)17-32-24(27-28-29-32)23(20-5-2-3-6-21(20)26)30-12-14-31(15-13-30)25(33)22-7-4-16-35-22/h2-11,16,23H,12-15,17H2,1H3. The largest absolute Gasteiger partial charge is 0.497 e. The summed E-state index contributed by atoms with van der Waals surface area (Å²) in [6, 6.07) is 17.2. The summed E-state index contributed by atoms with van der Waals surface area (Å²) in [5.41, 5.74) is 1.48. The van der Waals surface area contributed by atoms with E-state index in [1.54, 1.807) is 47.0 Å². The van der Waals surface area contributed by atoms with Gasteiger partial charge in [-0.25, -0.2) is 9.07 Å². The number of tetrazole rings is 1. The van der Waals surface area contributed by atoms with Gasteiger partial charge in [0.15, 0.2) is 11.6 Å². The van der Waals surface area contributed by atoms with Gasteiger partial charge in [-0.3, -0.25) is 9.69 Å². The Kier molecular flexibility index (Phi) is 6.53. The van der Waals surface area contributed by atoms with Gasteiger partial charge in [-0.05, 0) is 46.3 Å². The van der Waals surface area contributed by atoms with Crippen molar-refractivity contribution in [1.29, 1.82) is 0 Å². The number of ether oxygens (including phenoxy) is 1. The fourth-order valence-corrected chi connectivity index (χ4v) is 4.36. The van der Waals surface area contributed by atoms with Crippen molar-refractivity contribution in [2.24, 2.45) is 0 Å². The van der Waals surface area contributed by atoms with Crippen LogP contribution in [0.25, 0.3) is 0 Å². The lowest BCUT2D eigenvalue weighted by molar-refractivity contribution is 0.0557. The van der Waals surface area contributed by atoms with Crippen molar-refractivity contribution in [1.82, 2.24) is 30.0 Å². The number of furan rings is 1. The monoisotopic (exact) mass is 476 g/mol. The molecule has 4 aromatic rings. The van der Waals surface area contributed by atoms with Crippen molar-refractivity contribution in [2.45, 2.75) is 12.6 Å². The molecule has 180 valence electrons. The summed E-state index contributed by atoms with van der Waals surface area (Å²) in [6.07, 6.45) is 1.49. The summed E-state index contributed by atoms with van der Waals surface area (Å²) in [4.78, 5) is 16.6. The molecular formula is C25H25FN6O3. The number of hydrogen-bond donors (Lipinski definition) is 0. The van der Waals surface area contributed by atoms with E-state index in [4.69, 9.17) is 9.15 Å². The second-order valence-corrected chi connectivity index (χ2v) is 8.27. The number of halogens is 1. The number of carbonyl (C=O) groups is 1. The van der Waals surface area contributed by atoms with Crippen LogP contribution in [0.15, 0.2) is 71.3 Å². The highest BCUT2D eigenvalue weighted by atomic mass is 19.1. The quantitative estimate of drug-likeness (QED) is 0.405. The first-order valence-electron chi connectivity index (χ1n) is 11.3. The average molecular weight is 477 g/mol. The summed E-state index contributed by atoms with van der Waals surface area (Å²) < 4.78 is 27.2. The van der Waals surface area contributed by atoms with Crippen LogP contribution in [0, 0.1) is 5.82 Å². The number of rotatable bonds is 7. The van der Waals surface area contributed by atoms with Crippen LogP contribution >= 0.6 is 0 Å². The maximum atomic E-state index is 15.0. The minimum Gasteiger partial charge on any atom is -0.497 e. The Hall–Kier alpha value is -4.05. The number of carbonyl (C=O) groups excluding carboxylic acids is 1. The SMILES string of the molecule is COc1ccc(Cn2nnnc2C(c2ccccc2F)N2CCN(C(=O)c3ccco3)CC2)cc1. The van der Waals surface area contributed by atoms with Gasteiger partial charge in [-0.15, -0.1) is 5.10 Å². The Bertz CT molecular complexity index is 1270. The Morgan fingerprint density at radius 2 is 1.83 bits per heavy atom. The number of benzene rings is 2. The zero-order valence-corrected chi connectivity index (χ0v) is 19.2. The molecule has 9 nitrogen and oxygen atoms in total. The van der Waals surface area contributed by atoms with Crippen LogP contribution < -0.4 is 4.74 Å². The molecule has 1 amide bonds. The van der Waals surface area contributed by atoms with E-state index in [9.17, 15) is 4.79 Å². The van der Waals surface area contributed by atoms with E-state index in [-0.39, 0.29) is 11.7 Å². The lowest BCUT2D eigenvalue weighted by atomic mass is 10.0.